The molecule has 0 spiro atoms. The van der Waals surface area contributed by atoms with Crippen LogP contribution in [0, 0.1) is 39.0 Å². The lowest BCUT2D eigenvalue weighted by atomic mass is 9.89. The van der Waals surface area contributed by atoms with Gasteiger partial charge in [-0.1, -0.05) is 50.5 Å². The predicted molar refractivity (Wildman–Crippen MR) is 224 cm³/mol. The maximum Gasteiger partial charge on any atom is 0.307 e. The van der Waals surface area contributed by atoms with Crippen molar-refractivity contribution < 1.29 is 34.8 Å². The van der Waals surface area contributed by atoms with Crippen LogP contribution in [0.1, 0.15) is 82.3 Å². The van der Waals surface area contributed by atoms with Crippen molar-refractivity contribution in [2.75, 3.05) is 0 Å². The van der Waals surface area contributed by atoms with Crippen LogP contribution in [0.5, 0.6) is 11.5 Å². The standard InChI is InChI=1S/C37H46I4O7/c1-3-4-7-10-25(42)13-14-29-28(34(44)21-35(29)45)12-9-6-5-8-11-26(43)18-24(37(46)47)15-23-16-32(40)36(33(41)17-23)48-27-19-30(38)22(2)31(39)20-27/h6,9,13-14,16-17,19-20,24-25,28-29,34-35,42,44-45H,3-5,7-8,10-12,15,18,21H2,1-2H3,(H,46,47)/b9-6-,14-13+/t24?,25-,28+,29+,34-,35+/m0/s1. The largest absolute Gasteiger partial charge is 0.481 e. The minimum absolute atomic E-state index is 0.0187. The van der Waals surface area contributed by atoms with E-state index in [9.17, 15) is 30.0 Å². The van der Waals surface area contributed by atoms with E-state index >= 15 is 0 Å². The van der Waals surface area contributed by atoms with Crippen molar-refractivity contribution in [2.45, 2.75) is 103 Å². The summed E-state index contributed by atoms with van der Waals surface area (Å²) in [7, 11) is 0. The first-order valence-corrected chi connectivity index (χ1v) is 20.9. The molecule has 1 unspecified atom stereocenters. The lowest BCUT2D eigenvalue weighted by Gasteiger charge is -2.19. The molecule has 48 heavy (non-hydrogen) atoms. The maximum atomic E-state index is 12.8. The molecule has 264 valence electrons. The number of benzene rings is 2. The van der Waals surface area contributed by atoms with E-state index in [1.54, 1.807) is 6.08 Å². The van der Waals surface area contributed by atoms with Gasteiger partial charge in [-0.15, -0.1) is 0 Å². The Bertz CT molecular complexity index is 1400. The van der Waals surface area contributed by atoms with Gasteiger partial charge in [0, 0.05) is 32.3 Å². The van der Waals surface area contributed by atoms with E-state index in [4.69, 9.17) is 4.74 Å². The number of aliphatic hydroxyl groups is 3. The zero-order chi connectivity index (χ0) is 35.4. The molecule has 1 aliphatic rings. The van der Waals surface area contributed by atoms with Crippen molar-refractivity contribution in [1.29, 1.82) is 0 Å². The lowest BCUT2D eigenvalue weighted by molar-refractivity contribution is -0.143. The molecule has 2 aromatic carbocycles. The van der Waals surface area contributed by atoms with Crippen molar-refractivity contribution >= 4 is 102 Å². The smallest absolute Gasteiger partial charge is 0.307 e. The number of carbonyl (C=O) groups is 2. The molecule has 1 saturated carbocycles. The van der Waals surface area contributed by atoms with Crippen LogP contribution in [0.25, 0.3) is 0 Å². The Morgan fingerprint density at radius 3 is 2.25 bits per heavy atom. The summed E-state index contributed by atoms with van der Waals surface area (Å²) in [6.07, 6.45) is 12.4. The van der Waals surface area contributed by atoms with Gasteiger partial charge >= 0.3 is 5.97 Å². The highest BCUT2D eigenvalue weighted by Crippen LogP contribution is 2.37. The number of carboxylic acids is 1. The Morgan fingerprint density at radius 2 is 1.62 bits per heavy atom. The molecule has 0 heterocycles. The summed E-state index contributed by atoms with van der Waals surface area (Å²) >= 11 is 9.03. The van der Waals surface area contributed by atoms with Gasteiger partial charge in [0.15, 0.2) is 5.75 Å². The van der Waals surface area contributed by atoms with Crippen LogP contribution >= 0.6 is 90.4 Å². The predicted octanol–water partition coefficient (Wildman–Crippen LogP) is 9.38. The Kier molecular flexibility index (Phi) is 18.6. The molecule has 0 bridgehead atoms. The average molecular weight is 1110 g/mol. The summed E-state index contributed by atoms with van der Waals surface area (Å²) in [4.78, 5) is 24.9. The number of aliphatic carboxylic acids is 1. The molecule has 0 saturated heterocycles. The molecular formula is C37H46I4O7. The molecule has 0 amide bonds. The third-order valence-corrected chi connectivity index (χ3v) is 12.7. The first-order valence-electron chi connectivity index (χ1n) is 16.5. The number of hydrogen-bond donors (Lipinski definition) is 4. The van der Waals surface area contributed by atoms with Crippen LogP contribution in [-0.2, 0) is 16.0 Å². The summed E-state index contributed by atoms with van der Waals surface area (Å²) in [5.41, 5.74) is 2.06. The average Bonchev–Trinajstić information content (AvgIpc) is 3.29. The van der Waals surface area contributed by atoms with Crippen LogP contribution in [0.4, 0.5) is 0 Å². The number of aliphatic hydroxyl groups excluding tert-OH is 3. The highest BCUT2D eigenvalue weighted by Gasteiger charge is 2.39. The molecule has 2 aromatic rings. The maximum absolute atomic E-state index is 12.8. The van der Waals surface area contributed by atoms with Crippen molar-refractivity contribution in [1.82, 2.24) is 0 Å². The Balaban J connectivity index is 1.48. The minimum atomic E-state index is -0.980. The molecule has 0 aromatic heterocycles. The fourth-order valence-corrected chi connectivity index (χ4v) is 9.81. The van der Waals surface area contributed by atoms with E-state index in [0.29, 0.717) is 38.5 Å². The second-order valence-corrected chi connectivity index (χ2v) is 17.3. The Hall–Kier alpha value is -0.340. The number of carbonyl (C=O) groups excluding carboxylic acids is 1. The number of ketones is 1. The zero-order valence-electron chi connectivity index (χ0n) is 27.4. The number of carboxylic acid groups (broad SMARTS) is 1. The number of halogens is 4. The van der Waals surface area contributed by atoms with Crippen LogP contribution < -0.4 is 4.74 Å². The third kappa shape index (κ3) is 13.3. The number of hydrogen-bond acceptors (Lipinski definition) is 6. The van der Waals surface area contributed by atoms with Crippen molar-refractivity contribution in [2.24, 2.45) is 17.8 Å². The molecule has 0 radical (unpaired) electrons. The highest BCUT2D eigenvalue weighted by atomic mass is 127. The first kappa shape index (κ1) is 42.1. The lowest BCUT2D eigenvalue weighted by Crippen LogP contribution is -2.20. The molecule has 7 nitrogen and oxygen atoms in total. The third-order valence-electron chi connectivity index (χ3n) is 8.81. The number of allylic oxidation sites excluding steroid dienone is 2. The van der Waals surface area contributed by atoms with Gasteiger partial charge in [-0.25, -0.2) is 0 Å². The molecular weight excluding hydrogens is 1060 g/mol. The van der Waals surface area contributed by atoms with Crippen LogP contribution in [-0.4, -0.2) is 50.5 Å². The minimum Gasteiger partial charge on any atom is -0.481 e. The SMILES string of the molecule is CCCCC[C@H](O)/C=C/[C@@H]1[C@@H](C/C=C\CCCC(=O)CC(Cc2cc(I)c(Oc3cc(I)c(C)c(I)c3)c(I)c2)C(=O)O)[C@@H](O)C[C@H]1O. The van der Waals surface area contributed by atoms with E-state index in [0.717, 1.165) is 50.6 Å². The topological polar surface area (TPSA) is 124 Å². The van der Waals surface area contributed by atoms with E-state index in [1.807, 2.05) is 42.5 Å². The summed E-state index contributed by atoms with van der Waals surface area (Å²) in [6.45, 7) is 4.20. The van der Waals surface area contributed by atoms with Gasteiger partial charge < -0.3 is 25.2 Å². The van der Waals surface area contributed by atoms with Gasteiger partial charge in [-0.05, 0) is 171 Å². The van der Waals surface area contributed by atoms with Gasteiger partial charge in [0.2, 0.25) is 0 Å². The fraction of sp³-hybridized carbons (Fsp3) is 0.514. The first-order chi connectivity index (χ1) is 22.8. The van der Waals surface area contributed by atoms with Crippen LogP contribution in [0.15, 0.2) is 48.6 Å². The molecule has 1 fully saturated rings. The highest BCUT2D eigenvalue weighted by molar-refractivity contribution is 14.1. The number of Topliss-reactive ketones (excluding diaryl/α,β-unsaturated/α-hetero) is 1. The number of ether oxygens (including phenoxy) is 1. The second kappa shape index (κ2) is 21.2. The zero-order valence-corrected chi connectivity index (χ0v) is 36.0. The monoisotopic (exact) mass is 1110 g/mol. The molecule has 1 aliphatic carbocycles. The molecule has 6 atom stereocenters. The summed E-state index contributed by atoms with van der Waals surface area (Å²) in [6, 6.07) is 7.87. The van der Waals surface area contributed by atoms with E-state index in [-0.39, 0.29) is 30.5 Å². The van der Waals surface area contributed by atoms with Crippen LogP contribution in [0.2, 0.25) is 0 Å². The number of unbranched alkanes of at least 4 members (excludes halogenated alkanes) is 3. The molecule has 4 N–H and O–H groups in total. The van der Waals surface area contributed by atoms with E-state index in [1.165, 1.54) is 5.56 Å². The van der Waals surface area contributed by atoms with Crippen molar-refractivity contribution in [3.8, 4) is 11.5 Å². The van der Waals surface area contributed by atoms with Gasteiger partial charge in [0.05, 0.1) is 31.4 Å². The fourth-order valence-electron chi connectivity index (χ4n) is 5.99. The Labute approximate surface area is 339 Å². The van der Waals surface area contributed by atoms with Gasteiger partial charge in [-0.2, -0.15) is 0 Å². The van der Waals surface area contributed by atoms with Crippen molar-refractivity contribution in [3.05, 3.63) is 74.0 Å². The van der Waals surface area contributed by atoms with Crippen molar-refractivity contribution in [3.63, 3.8) is 0 Å². The molecule has 11 heteroatoms. The van der Waals surface area contributed by atoms with E-state index in [2.05, 4.69) is 104 Å². The second-order valence-electron chi connectivity index (χ2n) is 12.6. The quantitative estimate of drug-likeness (QED) is 0.0629. The summed E-state index contributed by atoms with van der Waals surface area (Å²) < 4.78 is 10.2. The molecule has 3 rings (SSSR count). The summed E-state index contributed by atoms with van der Waals surface area (Å²) in [5.74, 6) is -0.715. The van der Waals surface area contributed by atoms with Crippen LogP contribution in [0.3, 0.4) is 0 Å². The Morgan fingerprint density at radius 1 is 0.958 bits per heavy atom. The van der Waals surface area contributed by atoms with Gasteiger partial charge in [-0.3, -0.25) is 9.59 Å². The summed E-state index contributed by atoms with van der Waals surface area (Å²) in [5, 5.41) is 41.2. The number of rotatable bonds is 19. The van der Waals surface area contributed by atoms with E-state index < -0.39 is 30.2 Å². The molecule has 0 aliphatic heterocycles. The van der Waals surface area contributed by atoms with Gasteiger partial charge in [0.25, 0.3) is 0 Å². The van der Waals surface area contributed by atoms with Gasteiger partial charge in [0.1, 0.15) is 11.5 Å². The normalized spacial score (nSPS) is 20.9.